The van der Waals surface area contributed by atoms with Crippen LogP contribution in [-0.2, 0) is 9.59 Å². The maximum Gasteiger partial charge on any atom is 0.290 e. The molecule has 21 heavy (non-hydrogen) atoms. The van der Waals surface area contributed by atoms with Gasteiger partial charge in [-0.2, -0.15) is 0 Å². The Morgan fingerprint density at radius 1 is 1.43 bits per heavy atom. The van der Waals surface area contributed by atoms with Crippen LogP contribution in [0.4, 0.5) is 0 Å². The fourth-order valence-corrected chi connectivity index (χ4v) is 4.22. The van der Waals surface area contributed by atoms with Crippen LogP contribution in [0.2, 0.25) is 0 Å². The summed E-state index contributed by atoms with van der Waals surface area (Å²) in [6.45, 7) is 1.76. The zero-order valence-corrected chi connectivity index (χ0v) is 12.9. The molecular formula is C16H19NO3S. The van der Waals surface area contributed by atoms with E-state index in [4.69, 9.17) is 0 Å². The molecule has 112 valence electrons. The minimum atomic E-state index is -0.395. The molecule has 2 heterocycles. The highest BCUT2D eigenvalue weighted by Gasteiger charge is 2.46. The first-order valence-corrected chi connectivity index (χ1v) is 8.35. The Bertz CT molecular complexity index is 585. The summed E-state index contributed by atoms with van der Waals surface area (Å²) in [5.74, 6) is -0.857. The Hall–Kier alpha value is -1.62. The van der Waals surface area contributed by atoms with E-state index in [9.17, 15) is 14.7 Å². The topological polar surface area (TPSA) is 57.6 Å². The lowest BCUT2D eigenvalue weighted by molar-refractivity contribution is -0.131. The second kappa shape index (κ2) is 5.64. The van der Waals surface area contributed by atoms with Crippen LogP contribution >= 0.6 is 11.3 Å². The van der Waals surface area contributed by atoms with Gasteiger partial charge < -0.3 is 10.0 Å². The fourth-order valence-electron chi connectivity index (χ4n) is 3.38. The minimum Gasteiger partial charge on any atom is -0.503 e. The number of aliphatic hydroxyl groups excluding tert-OH is 1. The predicted octanol–water partition coefficient (Wildman–Crippen LogP) is 3.37. The molecule has 5 heteroatoms. The van der Waals surface area contributed by atoms with E-state index in [1.54, 1.807) is 11.8 Å². The van der Waals surface area contributed by atoms with Crippen molar-refractivity contribution in [2.45, 2.75) is 51.1 Å². The average Bonchev–Trinajstić information content (AvgIpc) is 3.20. The zero-order valence-electron chi connectivity index (χ0n) is 12.0. The van der Waals surface area contributed by atoms with Crippen LogP contribution in [0, 0.1) is 0 Å². The maximum absolute atomic E-state index is 12.5. The molecule has 0 spiro atoms. The predicted molar refractivity (Wildman–Crippen MR) is 81.1 cm³/mol. The SMILES string of the molecule is CCC(=O)C1=C(O)C(=O)N(C2CCCC2)C1c1cccs1. The number of thiophene rings is 1. The molecular weight excluding hydrogens is 286 g/mol. The standard InChI is InChI=1S/C16H19NO3S/c1-2-11(18)13-14(12-8-5-9-21-12)17(16(20)15(13)19)10-6-3-4-7-10/h5,8-10,14,19H,2-4,6-7H2,1H3. The number of rotatable bonds is 4. The number of hydrogen-bond acceptors (Lipinski definition) is 4. The summed E-state index contributed by atoms with van der Waals surface area (Å²) in [5.41, 5.74) is 0.289. The van der Waals surface area contributed by atoms with Gasteiger partial charge >= 0.3 is 0 Å². The molecule has 1 aliphatic carbocycles. The molecule has 1 aliphatic heterocycles. The molecule has 0 radical (unpaired) electrons. The number of amides is 1. The summed E-state index contributed by atoms with van der Waals surface area (Å²) in [7, 11) is 0. The Morgan fingerprint density at radius 2 is 2.14 bits per heavy atom. The van der Waals surface area contributed by atoms with Crippen molar-refractivity contribution in [1.82, 2.24) is 4.90 Å². The van der Waals surface area contributed by atoms with Gasteiger partial charge in [-0.25, -0.2) is 0 Å². The number of nitrogens with zero attached hydrogens (tertiary/aromatic N) is 1. The average molecular weight is 305 g/mol. The lowest BCUT2D eigenvalue weighted by atomic mass is 9.99. The molecule has 1 saturated carbocycles. The van der Waals surface area contributed by atoms with E-state index in [1.807, 2.05) is 17.5 Å². The summed E-state index contributed by atoms with van der Waals surface area (Å²) in [6.07, 6.45) is 4.41. The molecule has 0 bridgehead atoms. The largest absolute Gasteiger partial charge is 0.503 e. The van der Waals surface area contributed by atoms with E-state index in [0.29, 0.717) is 6.42 Å². The van der Waals surface area contributed by atoms with Crippen LogP contribution in [-0.4, -0.2) is 27.7 Å². The number of Topliss-reactive ketones (excluding diaryl/α,β-unsaturated/α-hetero) is 1. The van der Waals surface area contributed by atoms with Crippen molar-refractivity contribution in [2.24, 2.45) is 0 Å². The van der Waals surface area contributed by atoms with Crippen LogP contribution < -0.4 is 0 Å². The van der Waals surface area contributed by atoms with Gasteiger partial charge in [0.1, 0.15) is 0 Å². The van der Waals surface area contributed by atoms with Crippen molar-refractivity contribution >= 4 is 23.0 Å². The van der Waals surface area contributed by atoms with Crippen molar-refractivity contribution in [3.8, 4) is 0 Å². The van der Waals surface area contributed by atoms with Crippen LogP contribution in [0.5, 0.6) is 0 Å². The molecule has 1 atom stereocenters. The van der Waals surface area contributed by atoms with Gasteiger partial charge in [-0.3, -0.25) is 9.59 Å². The van der Waals surface area contributed by atoms with Crippen LogP contribution in [0.1, 0.15) is 49.9 Å². The van der Waals surface area contributed by atoms with Crippen molar-refractivity contribution in [1.29, 1.82) is 0 Å². The molecule has 1 aromatic rings. The Balaban J connectivity index is 2.05. The van der Waals surface area contributed by atoms with Gasteiger partial charge in [-0.05, 0) is 24.3 Å². The lowest BCUT2D eigenvalue weighted by Crippen LogP contribution is -2.38. The smallest absolute Gasteiger partial charge is 0.290 e. The monoisotopic (exact) mass is 305 g/mol. The van der Waals surface area contributed by atoms with Gasteiger partial charge in [0.15, 0.2) is 11.5 Å². The zero-order chi connectivity index (χ0) is 15.0. The number of ketones is 1. The van der Waals surface area contributed by atoms with E-state index in [1.165, 1.54) is 11.3 Å². The van der Waals surface area contributed by atoms with Gasteiger partial charge in [0, 0.05) is 17.3 Å². The summed E-state index contributed by atoms with van der Waals surface area (Å²) >= 11 is 1.53. The van der Waals surface area contributed by atoms with Crippen molar-refractivity contribution in [3.63, 3.8) is 0 Å². The van der Waals surface area contributed by atoms with E-state index in [-0.39, 0.29) is 29.1 Å². The van der Waals surface area contributed by atoms with E-state index in [0.717, 1.165) is 30.6 Å². The summed E-state index contributed by atoms with van der Waals surface area (Å²) in [6, 6.07) is 3.59. The molecule has 1 unspecified atom stereocenters. The van der Waals surface area contributed by atoms with E-state index in [2.05, 4.69) is 0 Å². The second-order valence-corrected chi connectivity index (χ2v) is 6.59. The number of aliphatic hydroxyl groups is 1. The van der Waals surface area contributed by atoms with E-state index >= 15 is 0 Å². The first-order valence-electron chi connectivity index (χ1n) is 7.47. The van der Waals surface area contributed by atoms with E-state index < -0.39 is 6.04 Å². The van der Waals surface area contributed by atoms with Crippen LogP contribution in [0.15, 0.2) is 28.8 Å². The quantitative estimate of drug-likeness (QED) is 0.928. The first-order chi connectivity index (χ1) is 10.1. The Kier molecular flexibility index (Phi) is 3.85. The molecule has 3 rings (SSSR count). The molecule has 2 aliphatic rings. The van der Waals surface area contributed by atoms with Crippen LogP contribution in [0.3, 0.4) is 0 Å². The summed E-state index contributed by atoms with van der Waals surface area (Å²) in [4.78, 5) is 27.4. The second-order valence-electron chi connectivity index (χ2n) is 5.61. The minimum absolute atomic E-state index is 0.133. The Labute approximate surface area is 128 Å². The molecule has 0 saturated heterocycles. The molecule has 4 nitrogen and oxygen atoms in total. The van der Waals surface area contributed by atoms with Gasteiger partial charge in [-0.1, -0.05) is 25.8 Å². The highest BCUT2D eigenvalue weighted by molar-refractivity contribution is 7.10. The fraction of sp³-hybridized carbons (Fsp3) is 0.500. The number of hydrogen-bond donors (Lipinski definition) is 1. The number of carbonyl (C=O) groups is 2. The summed E-state index contributed by atoms with van der Waals surface area (Å²) < 4.78 is 0. The molecule has 1 aromatic heterocycles. The third-order valence-electron chi connectivity index (χ3n) is 4.40. The molecule has 0 aromatic carbocycles. The van der Waals surface area contributed by atoms with Crippen molar-refractivity contribution in [2.75, 3.05) is 0 Å². The van der Waals surface area contributed by atoms with Gasteiger partial charge in [-0.15, -0.1) is 11.3 Å². The van der Waals surface area contributed by atoms with Gasteiger partial charge in [0.2, 0.25) is 0 Å². The highest BCUT2D eigenvalue weighted by Crippen LogP contribution is 2.43. The third-order valence-corrected chi connectivity index (χ3v) is 5.32. The van der Waals surface area contributed by atoms with Gasteiger partial charge in [0.25, 0.3) is 5.91 Å². The third kappa shape index (κ3) is 2.29. The summed E-state index contributed by atoms with van der Waals surface area (Å²) in [5, 5.41) is 12.2. The van der Waals surface area contributed by atoms with Gasteiger partial charge in [0.05, 0.1) is 11.6 Å². The molecule has 1 fully saturated rings. The highest BCUT2D eigenvalue weighted by atomic mass is 32.1. The van der Waals surface area contributed by atoms with Crippen molar-refractivity contribution < 1.29 is 14.7 Å². The first kappa shape index (κ1) is 14.3. The molecule has 1 amide bonds. The number of carbonyl (C=O) groups excluding carboxylic acids is 2. The Morgan fingerprint density at radius 3 is 2.71 bits per heavy atom. The van der Waals surface area contributed by atoms with Crippen molar-refractivity contribution in [3.05, 3.63) is 33.7 Å². The lowest BCUT2D eigenvalue weighted by Gasteiger charge is -2.31. The molecule has 1 N–H and O–H groups in total. The van der Waals surface area contributed by atoms with Crippen LogP contribution in [0.25, 0.3) is 0 Å². The normalized spacial score (nSPS) is 23.4. The maximum atomic E-state index is 12.5.